The molecule has 0 atom stereocenters. The van der Waals surface area contributed by atoms with Gasteiger partial charge in [-0.15, -0.1) is 0 Å². The van der Waals surface area contributed by atoms with E-state index in [2.05, 4.69) is 5.32 Å². The Morgan fingerprint density at radius 3 is 2.33 bits per heavy atom. The number of amides is 3. The summed E-state index contributed by atoms with van der Waals surface area (Å²) in [5.74, 6) is -1.14. The van der Waals surface area contributed by atoms with Crippen molar-refractivity contribution in [2.75, 3.05) is 31.5 Å². The standard InChI is InChI=1S/C19H21FN4O3/c1-14(25)22-9-11-23(12-10-22)19(27)17-7-4-8-24(17)13-18(26)21-16-6-3-2-5-15(16)20/h2-8H,9-13H2,1H3,(H,21,26). The van der Waals surface area contributed by atoms with Crippen molar-refractivity contribution in [3.05, 3.63) is 54.1 Å². The van der Waals surface area contributed by atoms with E-state index in [1.165, 1.54) is 23.6 Å². The molecule has 2 aromatic rings. The highest BCUT2D eigenvalue weighted by molar-refractivity contribution is 5.95. The van der Waals surface area contributed by atoms with Crippen molar-refractivity contribution in [2.45, 2.75) is 13.5 Å². The van der Waals surface area contributed by atoms with Crippen LogP contribution in [0.2, 0.25) is 0 Å². The largest absolute Gasteiger partial charge is 0.339 e. The van der Waals surface area contributed by atoms with Crippen LogP contribution in [0.4, 0.5) is 10.1 Å². The molecule has 8 heteroatoms. The molecular weight excluding hydrogens is 351 g/mol. The predicted octanol–water partition coefficient (Wildman–Crippen LogP) is 1.57. The summed E-state index contributed by atoms with van der Waals surface area (Å²) < 4.78 is 15.2. The molecule has 7 nitrogen and oxygen atoms in total. The van der Waals surface area contributed by atoms with Crippen molar-refractivity contribution in [3.63, 3.8) is 0 Å². The molecule has 1 aliphatic rings. The van der Waals surface area contributed by atoms with Crippen molar-refractivity contribution in [1.82, 2.24) is 14.4 Å². The Kier molecular flexibility index (Phi) is 5.54. The summed E-state index contributed by atoms with van der Waals surface area (Å²) in [6.07, 6.45) is 1.64. The first-order valence-electron chi connectivity index (χ1n) is 8.70. The first-order chi connectivity index (χ1) is 13.0. The Bertz CT molecular complexity index is 856. The fourth-order valence-electron chi connectivity index (χ4n) is 3.04. The van der Waals surface area contributed by atoms with Crippen molar-refractivity contribution < 1.29 is 18.8 Å². The molecule has 3 amide bonds. The topological polar surface area (TPSA) is 74.7 Å². The van der Waals surface area contributed by atoms with E-state index in [9.17, 15) is 18.8 Å². The lowest BCUT2D eigenvalue weighted by atomic mass is 10.2. The fourth-order valence-corrected chi connectivity index (χ4v) is 3.04. The van der Waals surface area contributed by atoms with E-state index in [0.29, 0.717) is 31.9 Å². The number of rotatable bonds is 4. The first-order valence-corrected chi connectivity index (χ1v) is 8.70. The summed E-state index contributed by atoms with van der Waals surface area (Å²) in [6.45, 7) is 3.30. The van der Waals surface area contributed by atoms with E-state index in [1.54, 1.807) is 40.3 Å². The number of nitrogens with one attached hydrogen (secondary N) is 1. The minimum atomic E-state index is -0.516. The monoisotopic (exact) mass is 372 g/mol. The number of benzene rings is 1. The number of aromatic nitrogens is 1. The first kappa shape index (κ1) is 18.6. The Balaban J connectivity index is 1.64. The number of halogens is 1. The van der Waals surface area contributed by atoms with Gasteiger partial charge in [0.2, 0.25) is 11.8 Å². The third-order valence-electron chi connectivity index (χ3n) is 4.52. The molecule has 142 valence electrons. The van der Waals surface area contributed by atoms with Crippen LogP contribution >= 0.6 is 0 Å². The number of carbonyl (C=O) groups is 3. The number of hydrogen-bond acceptors (Lipinski definition) is 3. The minimum Gasteiger partial charge on any atom is -0.339 e. The molecule has 1 saturated heterocycles. The molecule has 27 heavy (non-hydrogen) atoms. The van der Waals surface area contributed by atoms with E-state index in [0.717, 1.165) is 0 Å². The van der Waals surface area contributed by atoms with E-state index in [1.807, 2.05) is 0 Å². The number of carbonyl (C=O) groups excluding carboxylic acids is 3. The molecule has 1 aromatic heterocycles. The molecule has 0 bridgehead atoms. The van der Waals surface area contributed by atoms with Crippen LogP contribution in [0.5, 0.6) is 0 Å². The second-order valence-electron chi connectivity index (χ2n) is 6.35. The van der Waals surface area contributed by atoms with E-state index >= 15 is 0 Å². The third kappa shape index (κ3) is 4.33. The zero-order valence-electron chi connectivity index (χ0n) is 15.0. The average molecular weight is 372 g/mol. The lowest BCUT2D eigenvalue weighted by molar-refractivity contribution is -0.130. The van der Waals surface area contributed by atoms with Crippen LogP contribution < -0.4 is 5.32 Å². The molecule has 1 aromatic carbocycles. The summed E-state index contributed by atoms with van der Waals surface area (Å²) in [4.78, 5) is 39.8. The van der Waals surface area contributed by atoms with Gasteiger partial charge in [0.25, 0.3) is 5.91 Å². The number of anilines is 1. The summed E-state index contributed by atoms with van der Waals surface area (Å²) in [5, 5.41) is 2.51. The second-order valence-corrected chi connectivity index (χ2v) is 6.35. The smallest absolute Gasteiger partial charge is 0.270 e. The van der Waals surface area contributed by atoms with Crippen molar-refractivity contribution >= 4 is 23.4 Å². The summed E-state index contributed by atoms with van der Waals surface area (Å²) in [6, 6.07) is 9.25. The maximum absolute atomic E-state index is 13.7. The van der Waals surface area contributed by atoms with Crippen LogP contribution in [0.25, 0.3) is 0 Å². The Labute approximate surface area is 156 Å². The molecule has 0 radical (unpaired) electrons. The number of hydrogen-bond donors (Lipinski definition) is 1. The normalized spacial score (nSPS) is 14.1. The zero-order valence-corrected chi connectivity index (χ0v) is 15.0. The quantitative estimate of drug-likeness (QED) is 0.885. The zero-order chi connectivity index (χ0) is 19.4. The highest BCUT2D eigenvalue weighted by atomic mass is 19.1. The van der Waals surface area contributed by atoms with Gasteiger partial charge < -0.3 is 19.7 Å². The second kappa shape index (κ2) is 8.03. The average Bonchev–Trinajstić information content (AvgIpc) is 3.11. The molecule has 0 spiro atoms. The van der Waals surface area contributed by atoms with E-state index in [-0.39, 0.29) is 24.0 Å². The summed E-state index contributed by atoms with van der Waals surface area (Å²) in [7, 11) is 0. The maximum atomic E-state index is 13.7. The molecule has 0 unspecified atom stereocenters. The van der Waals surface area contributed by atoms with Gasteiger partial charge in [-0.1, -0.05) is 12.1 Å². The van der Waals surface area contributed by atoms with Crippen LogP contribution in [0.1, 0.15) is 17.4 Å². The van der Waals surface area contributed by atoms with Crippen molar-refractivity contribution in [1.29, 1.82) is 0 Å². The van der Waals surface area contributed by atoms with E-state index < -0.39 is 11.7 Å². The van der Waals surface area contributed by atoms with Crippen LogP contribution in [-0.2, 0) is 16.1 Å². The van der Waals surface area contributed by atoms with Gasteiger partial charge in [-0.3, -0.25) is 14.4 Å². The van der Waals surface area contributed by atoms with Gasteiger partial charge in [0, 0.05) is 39.3 Å². The van der Waals surface area contributed by atoms with Crippen LogP contribution in [0, 0.1) is 5.82 Å². The van der Waals surface area contributed by atoms with Crippen molar-refractivity contribution in [3.8, 4) is 0 Å². The van der Waals surface area contributed by atoms with Gasteiger partial charge in [-0.25, -0.2) is 4.39 Å². The predicted molar refractivity (Wildman–Crippen MR) is 97.6 cm³/mol. The number of para-hydroxylation sites is 1. The van der Waals surface area contributed by atoms with Gasteiger partial charge in [-0.05, 0) is 24.3 Å². The van der Waals surface area contributed by atoms with Gasteiger partial charge >= 0.3 is 0 Å². The molecule has 1 fully saturated rings. The van der Waals surface area contributed by atoms with Gasteiger partial charge in [0.05, 0.1) is 5.69 Å². The number of nitrogens with zero attached hydrogens (tertiary/aromatic N) is 3. The molecular formula is C19H21FN4O3. The van der Waals surface area contributed by atoms with Gasteiger partial charge in [0.1, 0.15) is 18.1 Å². The minimum absolute atomic E-state index is 0.00436. The Morgan fingerprint density at radius 2 is 1.67 bits per heavy atom. The molecule has 0 saturated carbocycles. The third-order valence-corrected chi connectivity index (χ3v) is 4.52. The summed E-state index contributed by atoms with van der Waals surface area (Å²) in [5.41, 5.74) is 0.484. The molecule has 3 rings (SSSR count). The lowest BCUT2D eigenvalue weighted by Gasteiger charge is -2.34. The number of piperazine rings is 1. The van der Waals surface area contributed by atoms with Crippen LogP contribution in [0.15, 0.2) is 42.6 Å². The highest BCUT2D eigenvalue weighted by Gasteiger charge is 2.25. The highest BCUT2D eigenvalue weighted by Crippen LogP contribution is 2.14. The van der Waals surface area contributed by atoms with Gasteiger partial charge in [-0.2, -0.15) is 0 Å². The maximum Gasteiger partial charge on any atom is 0.270 e. The lowest BCUT2D eigenvalue weighted by Crippen LogP contribution is -2.50. The Morgan fingerprint density at radius 1 is 1.00 bits per heavy atom. The molecule has 2 heterocycles. The molecule has 1 N–H and O–H groups in total. The molecule has 0 aliphatic carbocycles. The van der Waals surface area contributed by atoms with Crippen LogP contribution in [-0.4, -0.2) is 58.3 Å². The van der Waals surface area contributed by atoms with Crippen LogP contribution in [0.3, 0.4) is 0 Å². The van der Waals surface area contributed by atoms with Crippen molar-refractivity contribution in [2.24, 2.45) is 0 Å². The fraction of sp³-hybridized carbons (Fsp3) is 0.316. The SMILES string of the molecule is CC(=O)N1CCN(C(=O)c2cccn2CC(=O)Nc2ccccc2F)CC1. The van der Waals surface area contributed by atoms with Gasteiger partial charge in [0.15, 0.2) is 0 Å². The van der Waals surface area contributed by atoms with E-state index in [4.69, 9.17) is 0 Å². The Hall–Kier alpha value is -3.16. The molecule has 1 aliphatic heterocycles. The summed E-state index contributed by atoms with van der Waals surface area (Å²) >= 11 is 0.